The Kier molecular flexibility index (Phi) is 6.92. The topological polar surface area (TPSA) is 146 Å². The van der Waals surface area contributed by atoms with E-state index >= 15 is 0 Å². The molecule has 2 aromatic rings. The van der Waals surface area contributed by atoms with Gasteiger partial charge >= 0.3 is 0 Å². The first kappa shape index (κ1) is 22.6. The van der Waals surface area contributed by atoms with Crippen LogP contribution in [0.15, 0.2) is 30.9 Å². The van der Waals surface area contributed by atoms with E-state index in [0.29, 0.717) is 42.4 Å². The SMILES string of the molecule is C=CC(=O)NN1CC[C@@H](c2nc(N)c(C(N)=O)c(C#Cc3cc(OC)cc(OC)c3)n2)C1. The van der Waals surface area contributed by atoms with Gasteiger partial charge in [-0.15, -0.1) is 0 Å². The van der Waals surface area contributed by atoms with E-state index in [1.807, 2.05) is 0 Å². The van der Waals surface area contributed by atoms with Crippen molar-refractivity contribution in [3.05, 3.63) is 53.5 Å². The number of rotatable bonds is 6. The van der Waals surface area contributed by atoms with Gasteiger partial charge < -0.3 is 20.9 Å². The monoisotopic (exact) mass is 436 g/mol. The molecule has 1 saturated heterocycles. The van der Waals surface area contributed by atoms with Crippen LogP contribution in [0, 0.1) is 11.8 Å². The predicted molar refractivity (Wildman–Crippen MR) is 118 cm³/mol. The molecule has 166 valence electrons. The smallest absolute Gasteiger partial charge is 0.257 e. The first-order valence-electron chi connectivity index (χ1n) is 9.74. The molecular formula is C22H24N6O4. The number of nitrogens with zero attached hydrogens (tertiary/aromatic N) is 3. The molecule has 1 atom stereocenters. The fraction of sp³-hybridized carbons (Fsp3) is 0.273. The third-order valence-corrected chi connectivity index (χ3v) is 4.88. The lowest BCUT2D eigenvalue weighted by molar-refractivity contribution is -0.120. The molecule has 1 aliphatic heterocycles. The zero-order valence-electron chi connectivity index (χ0n) is 17.8. The van der Waals surface area contributed by atoms with Crippen LogP contribution in [-0.2, 0) is 4.79 Å². The number of methoxy groups -OCH3 is 2. The number of hydrogen-bond acceptors (Lipinski definition) is 8. The van der Waals surface area contributed by atoms with Crippen molar-refractivity contribution in [2.45, 2.75) is 12.3 Å². The summed E-state index contributed by atoms with van der Waals surface area (Å²) in [7, 11) is 3.08. The highest BCUT2D eigenvalue weighted by Crippen LogP contribution is 2.26. The molecule has 1 aromatic heterocycles. The summed E-state index contributed by atoms with van der Waals surface area (Å²) in [6.45, 7) is 4.53. The molecule has 0 spiro atoms. The summed E-state index contributed by atoms with van der Waals surface area (Å²) in [5.41, 5.74) is 14.9. The van der Waals surface area contributed by atoms with Crippen molar-refractivity contribution in [2.75, 3.05) is 33.0 Å². The van der Waals surface area contributed by atoms with Crippen molar-refractivity contribution >= 4 is 17.6 Å². The zero-order valence-corrected chi connectivity index (χ0v) is 17.8. The fourth-order valence-corrected chi connectivity index (χ4v) is 3.30. The number of nitrogen functional groups attached to an aromatic ring is 1. The van der Waals surface area contributed by atoms with Gasteiger partial charge in [0, 0.05) is 30.6 Å². The molecule has 1 aliphatic rings. The molecular weight excluding hydrogens is 412 g/mol. The standard InChI is InChI=1S/C22H24N6O4/c1-4-18(29)27-28-8-7-14(12-28)22-25-17(19(21(24)30)20(23)26-22)6-5-13-9-15(31-2)11-16(10-13)32-3/h4,9-11,14H,1,7-8,12H2,2-3H3,(H2,24,30)(H,27,29)(H2,23,25,26)/t14-/m1/s1. The maximum Gasteiger partial charge on any atom is 0.257 e. The summed E-state index contributed by atoms with van der Waals surface area (Å²) in [4.78, 5) is 32.3. The molecule has 0 aliphatic carbocycles. The number of amides is 2. The van der Waals surface area contributed by atoms with E-state index in [9.17, 15) is 9.59 Å². The van der Waals surface area contributed by atoms with Crippen LogP contribution in [-0.4, -0.2) is 54.1 Å². The van der Waals surface area contributed by atoms with Crippen LogP contribution in [0.1, 0.15) is 39.8 Å². The Morgan fingerprint density at radius 2 is 1.91 bits per heavy atom. The Hall–Kier alpha value is -4.10. The van der Waals surface area contributed by atoms with Crippen LogP contribution in [0.25, 0.3) is 0 Å². The van der Waals surface area contributed by atoms with E-state index in [1.54, 1.807) is 23.2 Å². The number of primary amides is 1. The maximum absolute atomic E-state index is 12.0. The second kappa shape index (κ2) is 9.80. The third kappa shape index (κ3) is 5.14. The highest BCUT2D eigenvalue weighted by molar-refractivity contribution is 5.99. The van der Waals surface area contributed by atoms with Gasteiger partial charge in [-0.2, -0.15) is 0 Å². The number of carbonyl (C=O) groups excluding carboxylic acids is 2. The van der Waals surface area contributed by atoms with Gasteiger partial charge in [0.1, 0.15) is 34.4 Å². The van der Waals surface area contributed by atoms with E-state index in [1.165, 1.54) is 20.3 Å². The molecule has 10 nitrogen and oxygen atoms in total. The Labute approximate surface area is 185 Å². The molecule has 2 heterocycles. The second-order valence-corrected chi connectivity index (χ2v) is 7.02. The van der Waals surface area contributed by atoms with Crippen molar-refractivity contribution in [1.82, 2.24) is 20.4 Å². The van der Waals surface area contributed by atoms with Gasteiger partial charge in [-0.25, -0.2) is 15.0 Å². The highest BCUT2D eigenvalue weighted by Gasteiger charge is 2.28. The molecule has 0 unspecified atom stereocenters. The molecule has 5 N–H and O–H groups in total. The zero-order chi connectivity index (χ0) is 23.3. The Morgan fingerprint density at radius 3 is 2.50 bits per heavy atom. The first-order valence-corrected chi connectivity index (χ1v) is 9.74. The number of carbonyl (C=O) groups is 2. The van der Waals surface area contributed by atoms with Crippen molar-refractivity contribution in [1.29, 1.82) is 0 Å². The van der Waals surface area contributed by atoms with Crippen LogP contribution in [0.5, 0.6) is 11.5 Å². The van der Waals surface area contributed by atoms with Gasteiger partial charge in [-0.1, -0.05) is 12.5 Å². The lowest BCUT2D eigenvalue weighted by Gasteiger charge is -2.16. The molecule has 0 saturated carbocycles. The summed E-state index contributed by atoms with van der Waals surface area (Å²) in [6.07, 6.45) is 1.89. The third-order valence-electron chi connectivity index (χ3n) is 4.88. The number of benzene rings is 1. The summed E-state index contributed by atoms with van der Waals surface area (Å²) in [6, 6.07) is 5.17. The average molecular weight is 436 g/mol. The Balaban J connectivity index is 1.96. The van der Waals surface area contributed by atoms with E-state index in [2.05, 4.69) is 33.8 Å². The molecule has 2 amide bonds. The normalized spacial score (nSPS) is 15.4. The van der Waals surface area contributed by atoms with Crippen LogP contribution in [0.3, 0.4) is 0 Å². The Bertz CT molecular complexity index is 1100. The van der Waals surface area contributed by atoms with Gasteiger partial charge in [0.15, 0.2) is 0 Å². The van der Waals surface area contributed by atoms with Crippen LogP contribution < -0.4 is 26.4 Å². The molecule has 32 heavy (non-hydrogen) atoms. The van der Waals surface area contributed by atoms with Crippen molar-refractivity contribution in [2.24, 2.45) is 5.73 Å². The van der Waals surface area contributed by atoms with Crippen molar-refractivity contribution in [3.8, 4) is 23.3 Å². The van der Waals surface area contributed by atoms with Gasteiger partial charge in [0.2, 0.25) is 0 Å². The number of ether oxygens (including phenoxy) is 2. The summed E-state index contributed by atoms with van der Waals surface area (Å²) >= 11 is 0. The van der Waals surface area contributed by atoms with E-state index in [0.717, 1.165) is 0 Å². The number of hydrazine groups is 1. The van der Waals surface area contributed by atoms with Gasteiger partial charge in [-0.05, 0) is 30.6 Å². The molecule has 3 rings (SSSR count). The van der Waals surface area contributed by atoms with Crippen LogP contribution in [0.4, 0.5) is 5.82 Å². The molecule has 0 bridgehead atoms. The highest BCUT2D eigenvalue weighted by atomic mass is 16.5. The minimum atomic E-state index is -0.770. The lowest BCUT2D eigenvalue weighted by Crippen LogP contribution is -2.39. The largest absolute Gasteiger partial charge is 0.497 e. The van der Waals surface area contributed by atoms with Crippen LogP contribution >= 0.6 is 0 Å². The van der Waals surface area contributed by atoms with Gasteiger partial charge in [0.25, 0.3) is 11.8 Å². The van der Waals surface area contributed by atoms with Crippen molar-refractivity contribution < 1.29 is 19.1 Å². The number of nitrogens with two attached hydrogens (primary N) is 2. The van der Waals surface area contributed by atoms with E-state index in [4.69, 9.17) is 20.9 Å². The number of nitrogens with one attached hydrogen (secondary N) is 1. The Morgan fingerprint density at radius 1 is 1.22 bits per heavy atom. The number of anilines is 1. The molecule has 1 aromatic carbocycles. The minimum Gasteiger partial charge on any atom is -0.497 e. The minimum absolute atomic E-state index is 0.0362. The van der Waals surface area contributed by atoms with Gasteiger partial charge in [0.05, 0.1) is 14.2 Å². The fourth-order valence-electron chi connectivity index (χ4n) is 3.30. The first-order chi connectivity index (χ1) is 15.3. The average Bonchev–Trinajstić information content (AvgIpc) is 3.24. The van der Waals surface area contributed by atoms with Crippen LogP contribution in [0.2, 0.25) is 0 Å². The number of hydrogen-bond donors (Lipinski definition) is 3. The number of aromatic nitrogens is 2. The van der Waals surface area contributed by atoms with Gasteiger partial charge in [-0.3, -0.25) is 15.0 Å². The molecule has 1 fully saturated rings. The van der Waals surface area contributed by atoms with E-state index < -0.39 is 5.91 Å². The summed E-state index contributed by atoms with van der Waals surface area (Å²) < 4.78 is 10.5. The van der Waals surface area contributed by atoms with E-state index in [-0.39, 0.29) is 28.9 Å². The molecule has 10 heteroatoms. The maximum atomic E-state index is 12.0. The predicted octanol–water partition coefficient (Wildman–Crippen LogP) is 0.581. The second-order valence-electron chi connectivity index (χ2n) is 7.02. The summed E-state index contributed by atoms with van der Waals surface area (Å²) in [5.74, 6) is 6.18. The summed E-state index contributed by atoms with van der Waals surface area (Å²) in [5, 5.41) is 1.75. The molecule has 0 radical (unpaired) electrons. The quantitative estimate of drug-likeness (QED) is 0.440. The lowest BCUT2D eigenvalue weighted by atomic mass is 10.1. The van der Waals surface area contributed by atoms with Crippen molar-refractivity contribution in [3.63, 3.8) is 0 Å².